The molecule has 0 spiro atoms. The third kappa shape index (κ3) is 5.19. The van der Waals surface area contributed by atoms with Gasteiger partial charge in [0, 0.05) is 31.7 Å². The number of anilines is 1. The summed E-state index contributed by atoms with van der Waals surface area (Å²) in [5.41, 5.74) is 4.09. The van der Waals surface area contributed by atoms with E-state index in [4.69, 9.17) is 9.72 Å². The van der Waals surface area contributed by atoms with Gasteiger partial charge < -0.3 is 4.74 Å². The fraction of sp³-hybridized carbons (Fsp3) is 0.391. The first-order valence-corrected chi connectivity index (χ1v) is 11.0. The molecule has 160 valence electrons. The highest BCUT2D eigenvalue weighted by Crippen LogP contribution is 2.30. The third-order valence-electron chi connectivity index (χ3n) is 5.37. The Labute approximate surface area is 188 Å². The molecular weight excluding hydrogens is 418 g/mol. The lowest BCUT2D eigenvalue weighted by Gasteiger charge is -2.29. The van der Waals surface area contributed by atoms with E-state index in [-0.39, 0.29) is 18.3 Å². The van der Waals surface area contributed by atoms with Gasteiger partial charge in [-0.3, -0.25) is 14.6 Å². The number of nitrogens with zero attached hydrogens (tertiary/aromatic N) is 3. The van der Waals surface area contributed by atoms with Gasteiger partial charge in [-0.05, 0) is 43.2 Å². The number of fused-ring (bicyclic) bond motifs is 1. The molecule has 4 rings (SSSR count). The highest BCUT2D eigenvalue weighted by Gasteiger charge is 2.23. The number of aryl methyl sites for hydroxylation is 2. The monoisotopic (exact) mass is 445 g/mol. The summed E-state index contributed by atoms with van der Waals surface area (Å²) in [5, 5.41) is 0.770. The van der Waals surface area contributed by atoms with Crippen LogP contribution in [0.5, 0.6) is 0 Å². The van der Waals surface area contributed by atoms with Crippen LogP contribution in [0.4, 0.5) is 5.13 Å². The van der Waals surface area contributed by atoms with E-state index >= 15 is 0 Å². The van der Waals surface area contributed by atoms with Crippen LogP contribution in [0.2, 0.25) is 0 Å². The van der Waals surface area contributed by atoms with E-state index in [1.807, 2.05) is 36.1 Å². The van der Waals surface area contributed by atoms with Crippen LogP contribution in [0.1, 0.15) is 28.4 Å². The van der Waals surface area contributed by atoms with E-state index in [9.17, 15) is 4.79 Å². The zero-order valence-corrected chi connectivity index (χ0v) is 19.1. The van der Waals surface area contributed by atoms with Gasteiger partial charge in [-0.15, -0.1) is 12.4 Å². The van der Waals surface area contributed by atoms with Gasteiger partial charge in [-0.2, -0.15) is 0 Å². The van der Waals surface area contributed by atoms with Crippen molar-refractivity contribution < 1.29 is 9.53 Å². The first-order chi connectivity index (χ1) is 14.1. The molecule has 0 bridgehead atoms. The minimum Gasteiger partial charge on any atom is -0.379 e. The summed E-state index contributed by atoms with van der Waals surface area (Å²) in [5.74, 6) is 0.00744. The van der Waals surface area contributed by atoms with Crippen LogP contribution in [0, 0.1) is 6.92 Å². The van der Waals surface area contributed by atoms with Gasteiger partial charge in [-0.25, -0.2) is 4.98 Å². The number of carbonyl (C=O) groups is 1. The average molecular weight is 446 g/mol. The Balaban J connectivity index is 0.00000256. The molecule has 1 saturated heterocycles. The smallest absolute Gasteiger partial charge is 0.260 e. The molecule has 0 radical (unpaired) electrons. The topological polar surface area (TPSA) is 45.7 Å². The van der Waals surface area contributed by atoms with Crippen molar-refractivity contribution >= 4 is 45.0 Å². The standard InChI is InChI=1S/C23H27N3O2S.ClH/c1-3-18-6-9-20-21(16-18)29-23(24-20)26(11-10-25-12-14-28-15-13-25)22(27)19-7-4-17(2)5-8-19;/h4-9,16H,3,10-15H2,1-2H3;1H. The van der Waals surface area contributed by atoms with Gasteiger partial charge in [0.25, 0.3) is 5.91 Å². The summed E-state index contributed by atoms with van der Waals surface area (Å²) in [4.78, 5) is 22.4. The molecular formula is C23H28ClN3O2S. The van der Waals surface area contributed by atoms with Gasteiger partial charge in [0.05, 0.1) is 23.4 Å². The molecule has 0 unspecified atom stereocenters. The molecule has 30 heavy (non-hydrogen) atoms. The van der Waals surface area contributed by atoms with Crippen LogP contribution < -0.4 is 4.90 Å². The van der Waals surface area contributed by atoms with Crippen LogP contribution in [-0.4, -0.2) is 55.2 Å². The van der Waals surface area contributed by atoms with E-state index in [1.165, 1.54) is 5.56 Å². The largest absolute Gasteiger partial charge is 0.379 e. The second-order valence-corrected chi connectivity index (χ2v) is 8.44. The number of aromatic nitrogens is 1. The first-order valence-electron chi connectivity index (χ1n) is 10.2. The van der Waals surface area contributed by atoms with Crippen molar-refractivity contribution in [3.8, 4) is 0 Å². The van der Waals surface area contributed by atoms with Gasteiger partial charge in [0.1, 0.15) is 0 Å². The van der Waals surface area contributed by atoms with E-state index < -0.39 is 0 Å². The Morgan fingerprint density at radius 1 is 1.17 bits per heavy atom. The number of carbonyl (C=O) groups excluding carboxylic acids is 1. The molecule has 2 heterocycles. The molecule has 5 nitrogen and oxygen atoms in total. The van der Waals surface area contributed by atoms with E-state index in [1.54, 1.807) is 11.3 Å². The quantitative estimate of drug-likeness (QED) is 0.557. The summed E-state index contributed by atoms with van der Waals surface area (Å²) in [6.07, 6.45) is 0.992. The van der Waals surface area contributed by atoms with Gasteiger partial charge in [0.15, 0.2) is 5.13 Å². The Morgan fingerprint density at radius 3 is 2.60 bits per heavy atom. The Hall–Kier alpha value is -1.99. The SMILES string of the molecule is CCc1ccc2nc(N(CCN3CCOCC3)C(=O)c3ccc(C)cc3)sc2c1.Cl. The number of halogens is 1. The number of amides is 1. The lowest BCUT2D eigenvalue weighted by molar-refractivity contribution is 0.0391. The summed E-state index contributed by atoms with van der Waals surface area (Å²) < 4.78 is 6.58. The summed E-state index contributed by atoms with van der Waals surface area (Å²) in [6.45, 7) is 8.95. The van der Waals surface area contributed by atoms with Crippen LogP contribution in [0.25, 0.3) is 10.2 Å². The van der Waals surface area contributed by atoms with Gasteiger partial charge in [-0.1, -0.05) is 42.0 Å². The van der Waals surface area contributed by atoms with E-state index in [0.29, 0.717) is 12.1 Å². The maximum absolute atomic E-state index is 13.4. The van der Waals surface area contributed by atoms with Crippen LogP contribution in [-0.2, 0) is 11.2 Å². The molecule has 0 atom stereocenters. The Morgan fingerprint density at radius 2 is 1.90 bits per heavy atom. The number of thiazole rings is 1. The summed E-state index contributed by atoms with van der Waals surface area (Å²) in [7, 11) is 0. The Bertz CT molecular complexity index is 984. The van der Waals surface area contributed by atoms with Crippen LogP contribution in [0.3, 0.4) is 0 Å². The van der Waals surface area contributed by atoms with Crippen molar-refractivity contribution in [1.29, 1.82) is 0 Å². The highest BCUT2D eigenvalue weighted by atomic mass is 35.5. The molecule has 0 saturated carbocycles. The van der Waals surface area contributed by atoms with E-state index in [2.05, 4.69) is 30.0 Å². The predicted octanol–water partition coefficient (Wildman–Crippen LogP) is 4.57. The summed E-state index contributed by atoms with van der Waals surface area (Å²) >= 11 is 1.60. The number of hydrogen-bond acceptors (Lipinski definition) is 5. The molecule has 1 fully saturated rings. The lowest BCUT2D eigenvalue weighted by atomic mass is 10.1. The molecule has 3 aromatic rings. The molecule has 1 amide bonds. The number of rotatable bonds is 6. The second-order valence-electron chi connectivity index (χ2n) is 7.43. The number of benzene rings is 2. The molecule has 0 N–H and O–H groups in total. The van der Waals surface area contributed by atoms with Crippen LogP contribution >= 0.6 is 23.7 Å². The minimum absolute atomic E-state index is 0. The predicted molar refractivity (Wildman–Crippen MR) is 126 cm³/mol. The maximum atomic E-state index is 13.4. The minimum atomic E-state index is 0. The highest BCUT2D eigenvalue weighted by molar-refractivity contribution is 7.22. The molecule has 2 aromatic carbocycles. The number of ether oxygens (including phenoxy) is 1. The molecule has 1 aromatic heterocycles. The van der Waals surface area contributed by atoms with Crippen molar-refractivity contribution in [2.75, 3.05) is 44.3 Å². The zero-order valence-electron chi connectivity index (χ0n) is 17.5. The van der Waals surface area contributed by atoms with E-state index in [0.717, 1.165) is 60.2 Å². The number of hydrogen-bond donors (Lipinski definition) is 0. The van der Waals surface area contributed by atoms with Crippen molar-refractivity contribution in [3.05, 3.63) is 59.2 Å². The summed E-state index contributed by atoms with van der Waals surface area (Å²) in [6, 6.07) is 14.1. The Kier molecular flexibility index (Phi) is 7.83. The second kappa shape index (κ2) is 10.4. The molecule has 0 aliphatic carbocycles. The molecule has 1 aliphatic rings. The zero-order chi connectivity index (χ0) is 20.2. The van der Waals surface area contributed by atoms with Gasteiger partial charge >= 0.3 is 0 Å². The lowest BCUT2D eigenvalue weighted by Crippen LogP contribution is -2.43. The van der Waals surface area contributed by atoms with Crippen molar-refractivity contribution in [3.63, 3.8) is 0 Å². The van der Waals surface area contributed by atoms with Gasteiger partial charge in [0.2, 0.25) is 0 Å². The van der Waals surface area contributed by atoms with Crippen molar-refractivity contribution in [2.45, 2.75) is 20.3 Å². The van der Waals surface area contributed by atoms with Crippen LogP contribution in [0.15, 0.2) is 42.5 Å². The molecule has 7 heteroatoms. The normalized spacial score (nSPS) is 14.5. The number of morpholine rings is 1. The average Bonchev–Trinajstić information content (AvgIpc) is 3.17. The van der Waals surface area contributed by atoms with Crippen molar-refractivity contribution in [1.82, 2.24) is 9.88 Å². The maximum Gasteiger partial charge on any atom is 0.260 e. The third-order valence-corrected chi connectivity index (χ3v) is 6.41. The fourth-order valence-corrected chi connectivity index (χ4v) is 4.55. The fourth-order valence-electron chi connectivity index (χ4n) is 3.49. The molecule has 1 aliphatic heterocycles. The van der Waals surface area contributed by atoms with Crippen molar-refractivity contribution in [2.24, 2.45) is 0 Å². The first kappa shape index (κ1) is 22.7.